The minimum atomic E-state index is -0.424. The quantitative estimate of drug-likeness (QED) is 0.915. The average molecular weight is 300 g/mol. The normalized spacial score (nSPS) is 10.6. The molecule has 1 aromatic carbocycles. The monoisotopic (exact) mass is 299 g/mol. The SMILES string of the molecule is COc1ccc(-c2nc(Br)c(CN)[nH]2)cc1F. The van der Waals surface area contributed by atoms with Gasteiger partial charge in [0.1, 0.15) is 10.4 Å². The van der Waals surface area contributed by atoms with Crippen molar-refractivity contribution >= 4 is 15.9 Å². The zero-order valence-electron chi connectivity index (χ0n) is 9.13. The topological polar surface area (TPSA) is 63.9 Å². The van der Waals surface area contributed by atoms with Crippen molar-refractivity contribution in [3.8, 4) is 17.1 Å². The van der Waals surface area contributed by atoms with Crippen LogP contribution in [0.1, 0.15) is 5.69 Å². The van der Waals surface area contributed by atoms with Crippen molar-refractivity contribution in [2.75, 3.05) is 7.11 Å². The summed E-state index contributed by atoms with van der Waals surface area (Å²) >= 11 is 3.28. The molecule has 0 bridgehead atoms. The van der Waals surface area contributed by atoms with Crippen LogP contribution < -0.4 is 10.5 Å². The van der Waals surface area contributed by atoms with E-state index in [0.29, 0.717) is 22.5 Å². The van der Waals surface area contributed by atoms with Gasteiger partial charge in [-0.2, -0.15) is 0 Å². The van der Waals surface area contributed by atoms with Gasteiger partial charge in [0.2, 0.25) is 0 Å². The predicted molar refractivity (Wildman–Crippen MR) is 66.1 cm³/mol. The molecule has 0 unspecified atom stereocenters. The predicted octanol–water partition coefficient (Wildman–Crippen LogP) is 2.45. The van der Waals surface area contributed by atoms with Crippen molar-refractivity contribution < 1.29 is 9.13 Å². The number of rotatable bonds is 3. The Kier molecular flexibility index (Phi) is 3.44. The molecular formula is C11H11BrFN3O. The Morgan fingerprint density at radius 2 is 2.29 bits per heavy atom. The second kappa shape index (κ2) is 4.85. The van der Waals surface area contributed by atoms with Gasteiger partial charge in [-0.15, -0.1) is 0 Å². The first-order valence-electron chi connectivity index (χ1n) is 4.94. The summed E-state index contributed by atoms with van der Waals surface area (Å²) in [7, 11) is 1.42. The molecule has 0 aliphatic heterocycles. The average Bonchev–Trinajstić information content (AvgIpc) is 2.70. The number of aromatic amines is 1. The third-order valence-electron chi connectivity index (χ3n) is 2.36. The van der Waals surface area contributed by atoms with Crippen molar-refractivity contribution in [2.45, 2.75) is 6.54 Å². The van der Waals surface area contributed by atoms with Crippen LogP contribution in [0.2, 0.25) is 0 Å². The van der Waals surface area contributed by atoms with Gasteiger partial charge in [0, 0.05) is 12.1 Å². The van der Waals surface area contributed by atoms with E-state index in [4.69, 9.17) is 10.5 Å². The largest absolute Gasteiger partial charge is 0.494 e. The summed E-state index contributed by atoms with van der Waals surface area (Å²) in [5.74, 6) is 0.351. The molecular weight excluding hydrogens is 289 g/mol. The molecule has 0 aliphatic carbocycles. The first-order valence-corrected chi connectivity index (χ1v) is 5.73. The van der Waals surface area contributed by atoms with E-state index in [1.807, 2.05) is 0 Å². The van der Waals surface area contributed by atoms with Crippen molar-refractivity contribution in [1.82, 2.24) is 9.97 Å². The molecule has 2 rings (SSSR count). The van der Waals surface area contributed by atoms with E-state index in [9.17, 15) is 4.39 Å². The van der Waals surface area contributed by atoms with Gasteiger partial charge in [-0.3, -0.25) is 0 Å². The van der Waals surface area contributed by atoms with Gasteiger partial charge >= 0.3 is 0 Å². The summed E-state index contributed by atoms with van der Waals surface area (Å²) in [5.41, 5.74) is 6.94. The van der Waals surface area contributed by atoms with E-state index in [-0.39, 0.29) is 5.75 Å². The molecule has 0 aliphatic rings. The summed E-state index contributed by atoms with van der Waals surface area (Å²) < 4.78 is 19.0. The van der Waals surface area contributed by atoms with Crippen LogP contribution in [0.25, 0.3) is 11.4 Å². The molecule has 2 aromatic rings. The second-order valence-corrected chi connectivity index (χ2v) is 4.16. The van der Waals surface area contributed by atoms with Gasteiger partial charge in [0.15, 0.2) is 11.6 Å². The number of methoxy groups -OCH3 is 1. The minimum absolute atomic E-state index is 0.207. The molecule has 0 amide bonds. The number of H-pyrrole nitrogens is 1. The maximum absolute atomic E-state index is 13.5. The number of benzene rings is 1. The maximum Gasteiger partial charge on any atom is 0.165 e. The van der Waals surface area contributed by atoms with Crippen LogP contribution in [0.3, 0.4) is 0 Å². The van der Waals surface area contributed by atoms with Crippen LogP contribution in [-0.2, 0) is 6.54 Å². The number of hydrogen-bond donors (Lipinski definition) is 2. The van der Waals surface area contributed by atoms with Crippen molar-refractivity contribution in [3.63, 3.8) is 0 Å². The molecule has 17 heavy (non-hydrogen) atoms. The first-order chi connectivity index (χ1) is 8.15. The Morgan fingerprint density at radius 3 is 2.82 bits per heavy atom. The van der Waals surface area contributed by atoms with Crippen LogP contribution in [0, 0.1) is 5.82 Å². The van der Waals surface area contributed by atoms with Gasteiger partial charge in [-0.05, 0) is 34.1 Å². The van der Waals surface area contributed by atoms with Crippen LogP contribution in [0.4, 0.5) is 4.39 Å². The minimum Gasteiger partial charge on any atom is -0.494 e. The van der Waals surface area contributed by atoms with Gasteiger partial charge < -0.3 is 15.5 Å². The number of aromatic nitrogens is 2. The molecule has 6 heteroatoms. The molecule has 0 atom stereocenters. The number of nitrogens with two attached hydrogens (primary N) is 1. The Morgan fingerprint density at radius 1 is 1.53 bits per heavy atom. The highest BCUT2D eigenvalue weighted by atomic mass is 79.9. The number of hydrogen-bond acceptors (Lipinski definition) is 3. The molecule has 1 heterocycles. The van der Waals surface area contributed by atoms with Crippen LogP contribution >= 0.6 is 15.9 Å². The van der Waals surface area contributed by atoms with Crippen LogP contribution in [0.15, 0.2) is 22.8 Å². The third-order valence-corrected chi connectivity index (χ3v) is 3.01. The fourth-order valence-electron chi connectivity index (χ4n) is 1.47. The number of ether oxygens (including phenoxy) is 1. The Labute approximate surface area is 106 Å². The molecule has 0 saturated heterocycles. The number of halogens is 2. The fraction of sp³-hybridized carbons (Fsp3) is 0.182. The lowest BCUT2D eigenvalue weighted by Gasteiger charge is -2.02. The van der Waals surface area contributed by atoms with E-state index < -0.39 is 5.82 Å². The number of imidazole rings is 1. The Balaban J connectivity index is 2.42. The highest BCUT2D eigenvalue weighted by molar-refractivity contribution is 9.10. The summed E-state index contributed by atoms with van der Waals surface area (Å²) in [4.78, 5) is 7.24. The molecule has 0 saturated carbocycles. The number of nitrogens with zero attached hydrogens (tertiary/aromatic N) is 1. The van der Waals surface area contributed by atoms with E-state index in [0.717, 1.165) is 5.69 Å². The van der Waals surface area contributed by atoms with E-state index in [2.05, 4.69) is 25.9 Å². The maximum atomic E-state index is 13.5. The van der Waals surface area contributed by atoms with E-state index in [1.165, 1.54) is 13.2 Å². The fourth-order valence-corrected chi connectivity index (χ4v) is 1.91. The van der Waals surface area contributed by atoms with Gasteiger partial charge in [0.25, 0.3) is 0 Å². The molecule has 0 radical (unpaired) electrons. The highest BCUT2D eigenvalue weighted by Crippen LogP contribution is 2.25. The summed E-state index contributed by atoms with van der Waals surface area (Å²) in [5, 5.41) is 0. The zero-order chi connectivity index (χ0) is 12.4. The second-order valence-electron chi connectivity index (χ2n) is 3.41. The highest BCUT2D eigenvalue weighted by Gasteiger charge is 2.10. The molecule has 1 aromatic heterocycles. The van der Waals surface area contributed by atoms with Crippen molar-refractivity contribution in [2.24, 2.45) is 5.73 Å². The van der Waals surface area contributed by atoms with Gasteiger partial charge in [-0.25, -0.2) is 9.37 Å². The lowest BCUT2D eigenvalue weighted by Crippen LogP contribution is -1.97. The lowest BCUT2D eigenvalue weighted by molar-refractivity contribution is 0.386. The van der Waals surface area contributed by atoms with E-state index >= 15 is 0 Å². The van der Waals surface area contributed by atoms with Crippen molar-refractivity contribution in [3.05, 3.63) is 34.3 Å². The summed E-state index contributed by atoms with van der Waals surface area (Å²) in [6.45, 7) is 0.340. The molecule has 3 N–H and O–H groups in total. The van der Waals surface area contributed by atoms with Crippen LogP contribution in [-0.4, -0.2) is 17.1 Å². The van der Waals surface area contributed by atoms with E-state index in [1.54, 1.807) is 12.1 Å². The third kappa shape index (κ3) is 2.32. The molecule has 4 nitrogen and oxygen atoms in total. The first kappa shape index (κ1) is 12.1. The molecule has 90 valence electrons. The summed E-state index contributed by atoms with van der Waals surface area (Å²) in [6, 6.07) is 4.65. The van der Waals surface area contributed by atoms with Gasteiger partial charge in [-0.1, -0.05) is 0 Å². The zero-order valence-corrected chi connectivity index (χ0v) is 10.7. The Bertz CT molecular complexity index is 542. The smallest absolute Gasteiger partial charge is 0.165 e. The molecule has 0 spiro atoms. The standard InChI is InChI=1S/C11H11BrFN3O/c1-17-9-3-2-6(4-7(9)13)11-15-8(5-14)10(12)16-11/h2-4H,5,14H2,1H3,(H,15,16). The van der Waals surface area contributed by atoms with Crippen molar-refractivity contribution in [1.29, 1.82) is 0 Å². The summed E-state index contributed by atoms with van der Waals surface area (Å²) in [6.07, 6.45) is 0. The Hall–Kier alpha value is -1.40. The lowest BCUT2D eigenvalue weighted by atomic mass is 10.2. The van der Waals surface area contributed by atoms with Gasteiger partial charge in [0.05, 0.1) is 12.8 Å². The van der Waals surface area contributed by atoms with Crippen LogP contribution in [0.5, 0.6) is 5.75 Å². The molecule has 0 fully saturated rings. The number of nitrogens with one attached hydrogen (secondary N) is 1.